The van der Waals surface area contributed by atoms with Crippen LogP contribution in [0.2, 0.25) is 0 Å². The van der Waals surface area contributed by atoms with Crippen LogP contribution in [0.4, 0.5) is 0 Å². The highest BCUT2D eigenvalue weighted by Crippen LogP contribution is 2.18. The van der Waals surface area contributed by atoms with Crippen LogP contribution < -0.4 is 0 Å². The van der Waals surface area contributed by atoms with Gasteiger partial charge >= 0.3 is 0 Å². The molecule has 3 rings (SSSR count). The Balaban J connectivity index is 1.76. The van der Waals surface area contributed by atoms with Gasteiger partial charge < -0.3 is 0 Å². The molecule has 0 saturated heterocycles. The van der Waals surface area contributed by atoms with Crippen molar-refractivity contribution in [2.45, 2.75) is 19.3 Å². The van der Waals surface area contributed by atoms with Crippen molar-refractivity contribution in [1.82, 2.24) is 0 Å². The molecule has 90 valence electrons. The van der Waals surface area contributed by atoms with E-state index in [-0.39, 0.29) is 0 Å². The van der Waals surface area contributed by atoms with Gasteiger partial charge in [-0.3, -0.25) is 4.99 Å². The Morgan fingerprint density at radius 1 is 0.833 bits per heavy atom. The maximum Gasteiger partial charge on any atom is 0.0433 e. The molecule has 0 unspecified atom stereocenters. The van der Waals surface area contributed by atoms with Crippen LogP contribution in [0.3, 0.4) is 0 Å². The molecule has 0 bridgehead atoms. The highest BCUT2D eigenvalue weighted by molar-refractivity contribution is 6.02. The van der Waals surface area contributed by atoms with Crippen molar-refractivity contribution in [2.75, 3.05) is 6.54 Å². The molecule has 1 heterocycles. The highest BCUT2D eigenvalue weighted by atomic mass is 14.7. The molecule has 2 aromatic rings. The lowest BCUT2D eigenvalue weighted by molar-refractivity contribution is 0.915. The third-order valence-electron chi connectivity index (χ3n) is 3.51. The van der Waals surface area contributed by atoms with Crippen LogP contribution in [0, 0.1) is 0 Å². The lowest BCUT2D eigenvalue weighted by atomic mass is 9.94. The number of rotatable bonds is 3. The molecule has 0 fully saturated rings. The Labute approximate surface area is 108 Å². The van der Waals surface area contributed by atoms with Gasteiger partial charge in [-0.15, -0.1) is 0 Å². The van der Waals surface area contributed by atoms with Gasteiger partial charge in [-0.1, -0.05) is 54.6 Å². The Bertz CT molecular complexity index is 555. The molecule has 0 aromatic heterocycles. The third kappa shape index (κ3) is 2.35. The average molecular weight is 235 g/mol. The third-order valence-corrected chi connectivity index (χ3v) is 3.51. The number of fused-ring (bicyclic) bond motifs is 1. The second-order valence-electron chi connectivity index (χ2n) is 4.72. The van der Waals surface area contributed by atoms with E-state index < -0.39 is 0 Å². The first kappa shape index (κ1) is 11.2. The van der Waals surface area contributed by atoms with Crippen LogP contribution in [-0.2, 0) is 12.8 Å². The molecule has 0 radical (unpaired) electrons. The summed E-state index contributed by atoms with van der Waals surface area (Å²) in [5, 5.41) is 0. The quantitative estimate of drug-likeness (QED) is 0.769. The largest absolute Gasteiger partial charge is 0.289 e. The van der Waals surface area contributed by atoms with Crippen molar-refractivity contribution in [2.24, 2.45) is 4.99 Å². The number of hydrogen-bond donors (Lipinski definition) is 0. The lowest BCUT2D eigenvalue weighted by Crippen LogP contribution is -2.13. The van der Waals surface area contributed by atoms with Gasteiger partial charge in [-0.25, -0.2) is 0 Å². The van der Waals surface area contributed by atoms with E-state index >= 15 is 0 Å². The van der Waals surface area contributed by atoms with Gasteiger partial charge in [0.15, 0.2) is 0 Å². The average Bonchev–Trinajstić information content (AvgIpc) is 2.46. The van der Waals surface area contributed by atoms with E-state index in [4.69, 9.17) is 4.99 Å². The van der Waals surface area contributed by atoms with E-state index in [9.17, 15) is 0 Å². The van der Waals surface area contributed by atoms with Gasteiger partial charge in [0.25, 0.3) is 0 Å². The summed E-state index contributed by atoms with van der Waals surface area (Å²) < 4.78 is 0. The summed E-state index contributed by atoms with van der Waals surface area (Å²) in [6.07, 6.45) is 3.21. The summed E-state index contributed by atoms with van der Waals surface area (Å²) in [5.74, 6) is 0. The van der Waals surface area contributed by atoms with Crippen molar-refractivity contribution in [3.63, 3.8) is 0 Å². The number of hydrogen-bond acceptors (Lipinski definition) is 1. The smallest absolute Gasteiger partial charge is 0.0433 e. The van der Waals surface area contributed by atoms with Gasteiger partial charge in [-0.05, 0) is 36.0 Å². The molecular weight excluding hydrogens is 218 g/mol. The van der Waals surface area contributed by atoms with Crippen LogP contribution in [0.5, 0.6) is 0 Å². The molecule has 0 aliphatic carbocycles. The van der Waals surface area contributed by atoms with Gasteiger partial charge in [0.05, 0.1) is 0 Å². The fourth-order valence-corrected chi connectivity index (χ4v) is 2.54. The molecule has 1 heteroatoms. The zero-order valence-corrected chi connectivity index (χ0v) is 10.5. The lowest BCUT2D eigenvalue weighted by Gasteiger charge is -2.16. The van der Waals surface area contributed by atoms with E-state index in [1.807, 2.05) is 0 Å². The summed E-state index contributed by atoms with van der Waals surface area (Å²) in [4.78, 5) is 4.70. The molecule has 1 aliphatic rings. The van der Waals surface area contributed by atoms with Crippen molar-refractivity contribution in [1.29, 1.82) is 0 Å². The minimum Gasteiger partial charge on any atom is -0.289 e. The van der Waals surface area contributed by atoms with Crippen LogP contribution in [0.25, 0.3) is 0 Å². The summed E-state index contributed by atoms with van der Waals surface area (Å²) in [6, 6.07) is 19.3. The first-order valence-corrected chi connectivity index (χ1v) is 6.59. The maximum atomic E-state index is 4.70. The summed E-state index contributed by atoms with van der Waals surface area (Å²) >= 11 is 0. The number of aliphatic imine (C=N–C) groups is 1. The Morgan fingerprint density at radius 3 is 2.50 bits per heavy atom. The minimum atomic E-state index is 0.946. The molecule has 0 spiro atoms. The van der Waals surface area contributed by atoms with E-state index in [0.29, 0.717) is 0 Å². The van der Waals surface area contributed by atoms with Crippen LogP contribution in [-0.4, -0.2) is 12.3 Å². The molecule has 0 N–H and O–H groups in total. The predicted molar refractivity (Wildman–Crippen MR) is 76.3 cm³/mol. The fourth-order valence-electron chi connectivity index (χ4n) is 2.54. The second-order valence-corrected chi connectivity index (χ2v) is 4.72. The monoisotopic (exact) mass is 235 g/mol. The number of nitrogens with zero attached hydrogens (tertiary/aromatic N) is 1. The molecule has 1 aliphatic heterocycles. The molecule has 2 aromatic carbocycles. The van der Waals surface area contributed by atoms with Crippen LogP contribution in [0.1, 0.15) is 23.1 Å². The first-order valence-electron chi connectivity index (χ1n) is 6.59. The number of aryl methyl sites for hydroxylation is 1. The zero-order valence-electron chi connectivity index (χ0n) is 10.5. The summed E-state index contributed by atoms with van der Waals surface area (Å²) in [6.45, 7) is 0.946. The Hall–Kier alpha value is -1.89. The molecular formula is C17H17N. The van der Waals surface area contributed by atoms with Crippen molar-refractivity contribution in [3.05, 3.63) is 71.3 Å². The summed E-state index contributed by atoms with van der Waals surface area (Å²) in [7, 11) is 0. The van der Waals surface area contributed by atoms with Crippen molar-refractivity contribution >= 4 is 5.71 Å². The molecule has 0 saturated carbocycles. The Morgan fingerprint density at radius 2 is 1.61 bits per heavy atom. The molecule has 1 nitrogen and oxygen atoms in total. The highest BCUT2D eigenvalue weighted by Gasteiger charge is 2.12. The maximum absolute atomic E-state index is 4.70. The van der Waals surface area contributed by atoms with E-state index in [0.717, 1.165) is 25.8 Å². The topological polar surface area (TPSA) is 12.4 Å². The van der Waals surface area contributed by atoms with Crippen molar-refractivity contribution < 1.29 is 0 Å². The molecule has 18 heavy (non-hydrogen) atoms. The minimum absolute atomic E-state index is 0.946. The Kier molecular flexibility index (Phi) is 3.22. The van der Waals surface area contributed by atoms with Crippen LogP contribution >= 0.6 is 0 Å². The normalized spacial score (nSPS) is 13.9. The predicted octanol–water partition coefficient (Wildman–Crippen LogP) is 3.66. The van der Waals surface area contributed by atoms with Gasteiger partial charge in [0.1, 0.15) is 0 Å². The summed E-state index contributed by atoms with van der Waals surface area (Å²) in [5.41, 5.74) is 5.49. The van der Waals surface area contributed by atoms with Gasteiger partial charge in [0.2, 0.25) is 0 Å². The fraction of sp³-hybridized carbons (Fsp3) is 0.235. The van der Waals surface area contributed by atoms with Gasteiger partial charge in [0, 0.05) is 12.3 Å². The number of benzene rings is 2. The van der Waals surface area contributed by atoms with E-state index in [1.165, 1.54) is 22.4 Å². The van der Waals surface area contributed by atoms with Crippen LogP contribution in [0.15, 0.2) is 59.6 Å². The van der Waals surface area contributed by atoms with E-state index in [1.54, 1.807) is 0 Å². The second kappa shape index (κ2) is 5.18. The van der Waals surface area contributed by atoms with Gasteiger partial charge in [-0.2, -0.15) is 0 Å². The van der Waals surface area contributed by atoms with Crippen molar-refractivity contribution in [3.8, 4) is 0 Å². The molecule has 0 atom stereocenters. The zero-order chi connectivity index (χ0) is 12.2. The first-order chi connectivity index (χ1) is 8.93. The SMILES string of the molecule is c1ccc(CCC2=NCCc3ccccc32)cc1. The molecule has 0 amide bonds. The van der Waals surface area contributed by atoms with E-state index in [2.05, 4.69) is 54.6 Å². The standard InChI is InChI=1S/C17H17N/c1-2-6-14(7-3-1)10-11-17-16-9-5-4-8-15(16)12-13-18-17/h1-9H,10-13H2.